The van der Waals surface area contributed by atoms with Gasteiger partial charge in [0.15, 0.2) is 6.10 Å². The van der Waals surface area contributed by atoms with Crippen LogP contribution in [0, 0.1) is 6.92 Å². The number of aryl methyl sites for hydroxylation is 1. The van der Waals surface area contributed by atoms with Gasteiger partial charge < -0.3 is 10.1 Å². The topological polar surface area (TPSA) is 51.2 Å². The lowest BCUT2D eigenvalue weighted by Crippen LogP contribution is -2.35. The SMILES string of the molecule is Cc1ccc(OC(C)C(=O)NCc2cccnc2)cc1. The molecule has 0 radical (unpaired) electrons. The highest BCUT2D eigenvalue weighted by Gasteiger charge is 2.14. The molecule has 1 amide bonds. The fourth-order valence-electron chi connectivity index (χ4n) is 1.71. The highest BCUT2D eigenvalue weighted by molar-refractivity contribution is 5.80. The molecule has 20 heavy (non-hydrogen) atoms. The van der Waals surface area contributed by atoms with Crippen LogP contribution in [0.3, 0.4) is 0 Å². The molecule has 2 rings (SSSR count). The molecular formula is C16H18N2O2. The van der Waals surface area contributed by atoms with Crippen LogP contribution >= 0.6 is 0 Å². The average molecular weight is 270 g/mol. The molecule has 0 aliphatic carbocycles. The van der Waals surface area contributed by atoms with E-state index in [-0.39, 0.29) is 5.91 Å². The number of nitrogens with zero attached hydrogens (tertiary/aromatic N) is 1. The highest BCUT2D eigenvalue weighted by atomic mass is 16.5. The van der Waals surface area contributed by atoms with E-state index in [1.807, 2.05) is 43.3 Å². The van der Waals surface area contributed by atoms with E-state index in [1.54, 1.807) is 19.3 Å². The number of benzene rings is 1. The van der Waals surface area contributed by atoms with Gasteiger partial charge in [0, 0.05) is 18.9 Å². The molecule has 0 bridgehead atoms. The van der Waals surface area contributed by atoms with Crippen LogP contribution in [0.1, 0.15) is 18.1 Å². The zero-order valence-corrected chi connectivity index (χ0v) is 11.7. The van der Waals surface area contributed by atoms with E-state index < -0.39 is 6.10 Å². The first-order valence-corrected chi connectivity index (χ1v) is 6.55. The number of hydrogen-bond acceptors (Lipinski definition) is 3. The largest absolute Gasteiger partial charge is 0.481 e. The molecule has 0 saturated carbocycles. The van der Waals surface area contributed by atoms with Crippen LogP contribution in [0.2, 0.25) is 0 Å². The fourth-order valence-corrected chi connectivity index (χ4v) is 1.71. The molecule has 4 heteroatoms. The molecule has 1 heterocycles. The quantitative estimate of drug-likeness (QED) is 0.908. The van der Waals surface area contributed by atoms with E-state index in [0.717, 1.165) is 11.1 Å². The maximum atomic E-state index is 11.9. The first kappa shape index (κ1) is 14.1. The molecular weight excluding hydrogens is 252 g/mol. The maximum Gasteiger partial charge on any atom is 0.261 e. The van der Waals surface area contributed by atoms with Gasteiger partial charge in [-0.3, -0.25) is 9.78 Å². The Kier molecular flexibility index (Phi) is 4.71. The Hall–Kier alpha value is -2.36. The summed E-state index contributed by atoms with van der Waals surface area (Å²) < 4.78 is 5.59. The van der Waals surface area contributed by atoms with Crippen molar-refractivity contribution in [3.8, 4) is 5.75 Å². The van der Waals surface area contributed by atoms with Gasteiger partial charge in [0.1, 0.15) is 5.75 Å². The fraction of sp³-hybridized carbons (Fsp3) is 0.250. The third-order valence-electron chi connectivity index (χ3n) is 2.89. The molecule has 2 aromatic rings. The summed E-state index contributed by atoms with van der Waals surface area (Å²) in [4.78, 5) is 15.9. The summed E-state index contributed by atoms with van der Waals surface area (Å²) >= 11 is 0. The Morgan fingerprint density at radius 1 is 1.30 bits per heavy atom. The van der Waals surface area contributed by atoms with Gasteiger partial charge in [0.05, 0.1) is 0 Å². The maximum absolute atomic E-state index is 11.9. The van der Waals surface area contributed by atoms with Gasteiger partial charge in [-0.05, 0) is 37.6 Å². The first-order valence-electron chi connectivity index (χ1n) is 6.55. The van der Waals surface area contributed by atoms with E-state index in [0.29, 0.717) is 12.3 Å². The third kappa shape index (κ3) is 4.09. The molecule has 104 valence electrons. The minimum absolute atomic E-state index is 0.144. The van der Waals surface area contributed by atoms with Crippen molar-refractivity contribution in [3.63, 3.8) is 0 Å². The minimum Gasteiger partial charge on any atom is -0.481 e. The first-order chi connectivity index (χ1) is 9.65. The lowest BCUT2D eigenvalue weighted by atomic mass is 10.2. The van der Waals surface area contributed by atoms with Crippen molar-refractivity contribution in [1.29, 1.82) is 0 Å². The molecule has 1 atom stereocenters. The van der Waals surface area contributed by atoms with Crippen LogP contribution in [0.25, 0.3) is 0 Å². The lowest BCUT2D eigenvalue weighted by molar-refractivity contribution is -0.127. The lowest BCUT2D eigenvalue weighted by Gasteiger charge is -2.14. The van der Waals surface area contributed by atoms with Crippen molar-refractivity contribution in [2.45, 2.75) is 26.5 Å². The Morgan fingerprint density at radius 2 is 2.05 bits per heavy atom. The van der Waals surface area contributed by atoms with Gasteiger partial charge in [-0.25, -0.2) is 0 Å². The van der Waals surface area contributed by atoms with Crippen LogP contribution in [-0.4, -0.2) is 17.0 Å². The monoisotopic (exact) mass is 270 g/mol. The number of ether oxygens (including phenoxy) is 1. The summed E-state index contributed by atoms with van der Waals surface area (Å²) in [6.07, 6.45) is 2.90. The zero-order chi connectivity index (χ0) is 14.4. The summed E-state index contributed by atoms with van der Waals surface area (Å²) in [6.45, 7) is 4.19. The summed E-state index contributed by atoms with van der Waals surface area (Å²) in [5.41, 5.74) is 2.12. The van der Waals surface area contributed by atoms with Gasteiger partial charge in [-0.2, -0.15) is 0 Å². The van der Waals surface area contributed by atoms with Crippen molar-refractivity contribution >= 4 is 5.91 Å². The number of carbonyl (C=O) groups excluding carboxylic acids is 1. The number of rotatable bonds is 5. The Balaban J connectivity index is 1.84. The molecule has 0 aliphatic heterocycles. The molecule has 0 fully saturated rings. The summed E-state index contributed by atoms with van der Waals surface area (Å²) in [5, 5.41) is 2.83. The Bertz CT molecular complexity index is 552. The van der Waals surface area contributed by atoms with Gasteiger partial charge in [0.2, 0.25) is 0 Å². The zero-order valence-electron chi connectivity index (χ0n) is 11.7. The number of amides is 1. The van der Waals surface area contributed by atoms with Crippen LogP contribution < -0.4 is 10.1 Å². The van der Waals surface area contributed by atoms with Gasteiger partial charge in [-0.1, -0.05) is 23.8 Å². The number of hydrogen-bond donors (Lipinski definition) is 1. The van der Waals surface area contributed by atoms with Crippen molar-refractivity contribution < 1.29 is 9.53 Å². The smallest absolute Gasteiger partial charge is 0.261 e. The number of nitrogens with one attached hydrogen (secondary N) is 1. The van der Waals surface area contributed by atoms with Crippen LogP contribution in [0.5, 0.6) is 5.75 Å². The predicted octanol–water partition coefficient (Wildman–Crippen LogP) is 2.47. The van der Waals surface area contributed by atoms with Crippen molar-refractivity contribution in [1.82, 2.24) is 10.3 Å². The van der Waals surface area contributed by atoms with Crippen LogP contribution in [0.15, 0.2) is 48.8 Å². The van der Waals surface area contributed by atoms with Crippen molar-refractivity contribution in [3.05, 3.63) is 59.9 Å². The van der Waals surface area contributed by atoms with E-state index in [4.69, 9.17) is 4.74 Å². The second-order valence-corrected chi connectivity index (χ2v) is 4.65. The molecule has 0 spiro atoms. The van der Waals surface area contributed by atoms with E-state index >= 15 is 0 Å². The van der Waals surface area contributed by atoms with E-state index in [1.165, 1.54) is 0 Å². The van der Waals surface area contributed by atoms with E-state index in [9.17, 15) is 4.79 Å². The summed E-state index contributed by atoms with van der Waals surface area (Å²) in [5.74, 6) is 0.550. The standard InChI is InChI=1S/C16H18N2O2/c1-12-5-7-15(8-6-12)20-13(2)16(19)18-11-14-4-3-9-17-10-14/h3-10,13H,11H2,1-2H3,(H,18,19). The molecule has 0 aliphatic rings. The van der Waals surface area contributed by atoms with Gasteiger partial charge in [-0.15, -0.1) is 0 Å². The molecule has 1 unspecified atom stereocenters. The molecule has 0 saturated heterocycles. The molecule has 4 nitrogen and oxygen atoms in total. The van der Waals surface area contributed by atoms with E-state index in [2.05, 4.69) is 10.3 Å². The third-order valence-corrected chi connectivity index (χ3v) is 2.89. The second kappa shape index (κ2) is 6.70. The Morgan fingerprint density at radius 3 is 2.70 bits per heavy atom. The summed E-state index contributed by atoms with van der Waals surface area (Å²) in [6, 6.07) is 11.4. The number of carbonyl (C=O) groups is 1. The normalized spacial score (nSPS) is 11.7. The van der Waals surface area contributed by atoms with Gasteiger partial charge >= 0.3 is 0 Å². The highest BCUT2D eigenvalue weighted by Crippen LogP contribution is 2.13. The van der Waals surface area contributed by atoms with Crippen molar-refractivity contribution in [2.75, 3.05) is 0 Å². The number of pyridine rings is 1. The van der Waals surface area contributed by atoms with Crippen LogP contribution in [-0.2, 0) is 11.3 Å². The van der Waals surface area contributed by atoms with Crippen molar-refractivity contribution in [2.24, 2.45) is 0 Å². The summed E-state index contributed by atoms with van der Waals surface area (Å²) in [7, 11) is 0. The van der Waals surface area contributed by atoms with Crippen LogP contribution in [0.4, 0.5) is 0 Å². The molecule has 1 aromatic carbocycles. The second-order valence-electron chi connectivity index (χ2n) is 4.65. The van der Waals surface area contributed by atoms with Gasteiger partial charge in [0.25, 0.3) is 5.91 Å². The molecule has 1 N–H and O–H groups in total. The number of aromatic nitrogens is 1. The minimum atomic E-state index is -0.533. The average Bonchev–Trinajstić information content (AvgIpc) is 2.48. The molecule has 1 aromatic heterocycles. The predicted molar refractivity (Wildman–Crippen MR) is 77.4 cm³/mol. The Labute approximate surface area is 118 Å².